The molecule has 0 aliphatic carbocycles. The summed E-state index contributed by atoms with van der Waals surface area (Å²) in [6.07, 6.45) is 5.52. The zero-order valence-corrected chi connectivity index (χ0v) is 12.8. The summed E-state index contributed by atoms with van der Waals surface area (Å²) < 4.78 is 29.5. The van der Waals surface area contributed by atoms with Gasteiger partial charge in [0.2, 0.25) is 0 Å². The number of fused-ring (bicyclic) bond motifs is 1. The molecule has 23 heavy (non-hydrogen) atoms. The summed E-state index contributed by atoms with van der Waals surface area (Å²) >= 11 is 0. The number of hydrogen-bond acceptors (Lipinski definition) is 2. The number of anilines is 1. The van der Waals surface area contributed by atoms with Gasteiger partial charge in [0.25, 0.3) is 0 Å². The summed E-state index contributed by atoms with van der Waals surface area (Å²) in [5.41, 5.74) is 3.59. The SMILES string of the molecule is Cc1cnn2ccc(N3CCCC3c3cc(F)ccc3F)cc12. The zero-order chi connectivity index (χ0) is 16.0. The number of rotatable bonds is 2. The van der Waals surface area contributed by atoms with Gasteiger partial charge in [0.15, 0.2) is 0 Å². The van der Waals surface area contributed by atoms with Crippen LogP contribution < -0.4 is 4.90 Å². The molecule has 0 radical (unpaired) electrons. The standard InChI is InChI=1S/C18H17F2N3/c1-12-11-21-23-8-6-14(10-18(12)23)22-7-2-3-17(22)15-9-13(19)4-5-16(15)20/h4-6,8-11,17H,2-3,7H2,1H3. The van der Waals surface area contributed by atoms with Crippen molar-refractivity contribution >= 4 is 11.2 Å². The first-order valence-corrected chi connectivity index (χ1v) is 7.79. The van der Waals surface area contributed by atoms with Crippen LogP contribution in [-0.4, -0.2) is 16.2 Å². The summed E-state index contributed by atoms with van der Waals surface area (Å²) in [6, 6.07) is 7.62. The maximum absolute atomic E-state index is 14.2. The van der Waals surface area contributed by atoms with Gasteiger partial charge in [0.05, 0.1) is 17.8 Å². The highest BCUT2D eigenvalue weighted by atomic mass is 19.1. The van der Waals surface area contributed by atoms with Crippen LogP contribution in [0.15, 0.2) is 42.7 Å². The average Bonchev–Trinajstić information content (AvgIpc) is 3.17. The number of halogens is 2. The molecule has 0 saturated carbocycles. The third-order valence-corrected chi connectivity index (χ3v) is 4.60. The molecular formula is C18H17F2N3. The molecule has 5 heteroatoms. The van der Waals surface area contributed by atoms with Gasteiger partial charge in [-0.1, -0.05) is 0 Å². The predicted octanol–water partition coefficient (Wildman–Crippen LogP) is 4.26. The molecule has 3 nitrogen and oxygen atoms in total. The molecule has 1 aromatic carbocycles. The highest BCUT2D eigenvalue weighted by Gasteiger charge is 2.29. The lowest BCUT2D eigenvalue weighted by Crippen LogP contribution is -2.23. The van der Waals surface area contributed by atoms with E-state index in [0.29, 0.717) is 5.56 Å². The molecule has 1 aliphatic rings. The fourth-order valence-corrected chi connectivity index (χ4v) is 3.44. The van der Waals surface area contributed by atoms with Gasteiger partial charge in [-0.25, -0.2) is 13.3 Å². The molecule has 3 aromatic rings. The minimum Gasteiger partial charge on any atom is -0.364 e. The predicted molar refractivity (Wildman–Crippen MR) is 85.6 cm³/mol. The van der Waals surface area contributed by atoms with E-state index in [1.54, 1.807) is 0 Å². The van der Waals surface area contributed by atoms with Crippen molar-refractivity contribution in [3.05, 3.63) is 65.5 Å². The molecule has 0 N–H and O–H groups in total. The van der Waals surface area contributed by atoms with E-state index in [1.165, 1.54) is 18.2 Å². The minimum atomic E-state index is -0.393. The summed E-state index contributed by atoms with van der Waals surface area (Å²) in [4.78, 5) is 2.16. The molecule has 2 aromatic heterocycles. The number of nitrogens with zero attached hydrogens (tertiary/aromatic N) is 3. The maximum Gasteiger partial charge on any atom is 0.128 e. The first-order valence-electron chi connectivity index (χ1n) is 7.79. The lowest BCUT2D eigenvalue weighted by atomic mass is 10.0. The van der Waals surface area contributed by atoms with Crippen molar-refractivity contribution < 1.29 is 8.78 Å². The van der Waals surface area contributed by atoms with E-state index in [0.717, 1.165) is 36.2 Å². The van der Waals surface area contributed by atoms with Gasteiger partial charge in [-0.2, -0.15) is 5.10 Å². The fourth-order valence-electron chi connectivity index (χ4n) is 3.44. The highest BCUT2D eigenvalue weighted by Crippen LogP contribution is 2.37. The zero-order valence-electron chi connectivity index (χ0n) is 12.8. The van der Waals surface area contributed by atoms with Gasteiger partial charge in [-0.15, -0.1) is 0 Å². The molecule has 0 bridgehead atoms. The topological polar surface area (TPSA) is 20.5 Å². The lowest BCUT2D eigenvalue weighted by molar-refractivity contribution is 0.561. The normalized spacial score (nSPS) is 18.0. The smallest absolute Gasteiger partial charge is 0.128 e. The summed E-state index contributed by atoms with van der Waals surface area (Å²) in [7, 11) is 0. The van der Waals surface area contributed by atoms with Gasteiger partial charge < -0.3 is 4.90 Å². The molecule has 118 valence electrons. The highest BCUT2D eigenvalue weighted by molar-refractivity contribution is 5.64. The van der Waals surface area contributed by atoms with Crippen LogP contribution in [0.3, 0.4) is 0 Å². The van der Waals surface area contributed by atoms with E-state index < -0.39 is 5.82 Å². The molecule has 0 spiro atoms. The van der Waals surface area contributed by atoms with E-state index in [2.05, 4.69) is 16.1 Å². The second-order valence-corrected chi connectivity index (χ2v) is 6.06. The fraction of sp³-hybridized carbons (Fsp3) is 0.278. The van der Waals surface area contributed by atoms with Crippen molar-refractivity contribution in [2.75, 3.05) is 11.4 Å². The molecule has 1 aliphatic heterocycles. The Morgan fingerprint density at radius 2 is 2.04 bits per heavy atom. The van der Waals surface area contributed by atoms with Gasteiger partial charge >= 0.3 is 0 Å². The Kier molecular flexibility index (Phi) is 3.29. The van der Waals surface area contributed by atoms with E-state index in [-0.39, 0.29) is 11.9 Å². The Hall–Kier alpha value is -2.43. The van der Waals surface area contributed by atoms with Gasteiger partial charge in [0, 0.05) is 24.0 Å². The Morgan fingerprint density at radius 3 is 2.91 bits per heavy atom. The van der Waals surface area contributed by atoms with Crippen LogP contribution in [0, 0.1) is 18.6 Å². The first-order chi connectivity index (χ1) is 11.1. The Labute approximate surface area is 133 Å². The Morgan fingerprint density at radius 1 is 1.17 bits per heavy atom. The molecule has 1 saturated heterocycles. The number of hydrogen-bond donors (Lipinski definition) is 0. The maximum atomic E-state index is 14.2. The monoisotopic (exact) mass is 313 g/mol. The molecule has 3 heterocycles. The van der Waals surface area contributed by atoms with Crippen molar-refractivity contribution in [1.82, 2.24) is 9.61 Å². The average molecular weight is 313 g/mol. The molecule has 1 atom stereocenters. The van der Waals surface area contributed by atoms with Crippen LogP contribution in [0.2, 0.25) is 0 Å². The summed E-state index contributed by atoms with van der Waals surface area (Å²) in [5.74, 6) is -0.736. The second-order valence-electron chi connectivity index (χ2n) is 6.06. The van der Waals surface area contributed by atoms with Crippen molar-refractivity contribution in [1.29, 1.82) is 0 Å². The lowest BCUT2D eigenvalue weighted by Gasteiger charge is -2.27. The quantitative estimate of drug-likeness (QED) is 0.704. The second kappa shape index (κ2) is 5.33. The van der Waals surface area contributed by atoms with Crippen molar-refractivity contribution in [2.24, 2.45) is 0 Å². The number of pyridine rings is 1. The van der Waals surface area contributed by atoms with E-state index >= 15 is 0 Å². The van der Waals surface area contributed by atoms with E-state index in [4.69, 9.17) is 0 Å². The first kappa shape index (κ1) is 14.2. The van der Waals surface area contributed by atoms with Crippen LogP contribution >= 0.6 is 0 Å². The third-order valence-electron chi connectivity index (χ3n) is 4.60. The molecular weight excluding hydrogens is 296 g/mol. The van der Waals surface area contributed by atoms with E-state index in [9.17, 15) is 8.78 Å². The van der Waals surface area contributed by atoms with Gasteiger partial charge in [0.1, 0.15) is 11.6 Å². The minimum absolute atomic E-state index is 0.128. The van der Waals surface area contributed by atoms with Crippen LogP contribution in [0.25, 0.3) is 5.52 Å². The molecule has 0 amide bonds. The van der Waals surface area contributed by atoms with Crippen LogP contribution in [0.1, 0.15) is 30.0 Å². The van der Waals surface area contributed by atoms with Crippen LogP contribution in [0.5, 0.6) is 0 Å². The van der Waals surface area contributed by atoms with Gasteiger partial charge in [-0.05, 0) is 55.7 Å². The number of benzene rings is 1. The third kappa shape index (κ3) is 2.36. The number of aryl methyl sites for hydroxylation is 1. The van der Waals surface area contributed by atoms with Crippen molar-refractivity contribution in [2.45, 2.75) is 25.8 Å². The Balaban J connectivity index is 1.76. The summed E-state index contributed by atoms with van der Waals surface area (Å²) in [6.45, 7) is 2.85. The number of aromatic nitrogens is 2. The van der Waals surface area contributed by atoms with E-state index in [1.807, 2.05) is 29.9 Å². The summed E-state index contributed by atoms with van der Waals surface area (Å²) in [5, 5.41) is 4.28. The molecule has 1 unspecified atom stereocenters. The van der Waals surface area contributed by atoms with Gasteiger partial charge in [-0.3, -0.25) is 0 Å². The van der Waals surface area contributed by atoms with Crippen molar-refractivity contribution in [3.63, 3.8) is 0 Å². The molecule has 4 rings (SSSR count). The van der Waals surface area contributed by atoms with Crippen molar-refractivity contribution in [3.8, 4) is 0 Å². The van der Waals surface area contributed by atoms with Crippen LogP contribution in [0.4, 0.5) is 14.5 Å². The molecule has 1 fully saturated rings. The Bertz CT molecular complexity index is 872. The van der Waals surface area contributed by atoms with Crippen LogP contribution in [-0.2, 0) is 0 Å². The largest absolute Gasteiger partial charge is 0.364 e.